The van der Waals surface area contributed by atoms with E-state index >= 15 is 0 Å². The van der Waals surface area contributed by atoms with Gasteiger partial charge < -0.3 is 19.9 Å². The van der Waals surface area contributed by atoms with Crippen LogP contribution in [0.2, 0.25) is 0 Å². The summed E-state index contributed by atoms with van der Waals surface area (Å²) in [6.45, 7) is 4.47. The van der Waals surface area contributed by atoms with Gasteiger partial charge in [-0.05, 0) is 18.7 Å². The van der Waals surface area contributed by atoms with Crippen LogP contribution in [-0.2, 0) is 4.74 Å². The molecule has 0 aliphatic heterocycles. The smallest absolute Gasteiger partial charge is 0.119 e. The van der Waals surface area contributed by atoms with Crippen molar-refractivity contribution in [3.8, 4) is 5.75 Å². The molecule has 2 N–H and O–H groups in total. The van der Waals surface area contributed by atoms with E-state index in [0.717, 1.165) is 12.3 Å². The normalized spacial score (nSPS) is 12.4. The maximum Gasteiger partial charge on any atom is 0.119 e. The molecule has 0 spiro atoms. The van der Waals surface area contributed by atoms with E-state index in [4.69, 9.17) is 14.6 Å². The Labute approximate surface area is 103 Å². The molecule has 0 saturated heterocycles. The summed E-state index contributed by atoms with van der Waals surface area (Å²) in [6, 6.07) is 9.65. The molecule has 1 aromatic rings. The van der Waals surface area contributed by atoms with Crippen LogP contribution in [0.1, 0.15) is 6.92 Å². The Morgan fingerprint density at radius 2 is 2.00 bits per heavy atom. The third-order valence-electron chi connectivity index (χ3n) is 2.27. The van der Waals surface area contributed by atoms with E-state index in [-0.39, 0.29) is 12.6 Å². The molecule has 0 aliphatic carbocycles. The van der Waals surface area contributed by atoms with Crippen LogP contribution in [0.3, 0.4) is 0 Å². The first-order valence-corrected chi connectivity index (χ1v) is 5.96. The molecule has 0 aliphatic rings. The average Bonchev–Trinajstić information content (AvgIpc) is 2.38. The predicted octanol–water partition coefficient (Wildman–Crippen LogP) is 1.05. The Balaban J connectivity index is 2.04. The number of nitrogens with one attached hydrogen (secondary N) is 1. The van der Waals surface area contributed by atoms with Gasteiger partial charge in [-0.15, -0.1) is 0 Å². The van der Waals surface area contributed by atoms with Crippen molar-refractivity contribution in [1.29, 1.82) is 0 Å². The van der Waals surface area contributed by atoms with E-state index in [2.05, 4.69) is 5.32 Å². The summed E-state index contributed by atoms with van der Waals surface area (Å²) in [7, 11) is 0. The summed E-state index contributed by atoms with van der Waals surface area (Å²) < 4.78 is 10.9. The Kier molecular flexibility index (Phi) is 7.38. The fourth-order valence-electron chi connectivity index (χ4n) is 1.43. The fraction of sp³-hybridized carbons (Fsp3) is 0.538. The van der Waals surface area contributed by atoms with Gasteiger partial charge in [-0.3, -0.25) is 0 Å². The molecule has 4 nitrogen and oxygen atoms in total. The highest BCUT2D eigenvalue weighted by Gasteiger charge is 2.04. The van der Waals surface area contributed by atoms with Crippen LogP contribution >= 0.6 is 0 Å². The lowest BCUT2D eigenvalue weighted by atomic mass is 10.3. The van der Waals surface area contributed by atoms with Gasteiger partial charge in [0.2, 0.25) is 0 Å². The van der Waals surface area contributed by atoms with Gasteiger partial charge in [-0.1, -0.05) is 25.1 Å². The Morgan fingerprint density at radius 1 is 1.24 bits per heavy atom. The minimum absolute atomic E-state index is 0.0109. The van der Waals surface area contributed by atoms with Gasteiger partial charge in [-0.2, -0.15) is 0 Å². The summed E-state index contributed by atoms with van der Waals surface area (Å²) in [5, 5.41) is 12.1. The van der Waals surface area contributed by atoms with Crippen LogP contribution in [0.5, 0.6) is 5.75 Å². The van der Waals surface area contributed by atoms with Crippen LogP contribution in [0.25, 0.3) is 0 Å². The summed E-state index contributed by atoms with van der Waals surface area (Å²) in [6.07, 6.45) is 0. The summed E-state index contributed by atoms with van der Waals surface area (Å²) in [5.41, 5.74) is 0. The monoisotopic (exact) mass is 239 g/mol. The molecule has 0 amide bonds. The zero-order chi connectivity index (χ0) is 12.3. The summed E-state index contributed by atoms with van der Waals surface area (Å²) in [4.78, 5) is 0. The molecule has 0 saturated carbocycles. The van der Waals surface area contributed by atoms with Crippen LogP contribution in [0.4, 0.5) is 0 Å². The highest BCUT2D eigenvalue weighted by Crippen LogP contribution is 2.07. The second-order valence-electron chi connectivity index (χ2n) is 3.67. The first kappa shape index (κ1) is 14.0. The van der Waals surface area contributed by atoms with Gasteiger partial charge in [-0.25, -0.2) is 0 Å². The maximum atomic E-state index is 9.02. The number of para-hydroxylation sites is 1. The maximum absolute atomic E-state index is 9.02. The van der Waals surface area contributed by atoms with Crippen molar-refractivity contribution in [2.75, 3.05) is 33.0 Å². The Bertz CT molecular complexity index is 279. The van der Waals surface area contributed by atoms with Crippen LogP contribution in [-0.4, -0.2) is 44.1 Å². The third kappa shape index (κ3) is 6.26. The second kappa shape index (κ2) is 8.98. The zero-order valence-corrected chi connectivity index (χ0v) is 10.3. The molecular weight excluding hydrogens is 218 g/mol. The number of hydrogen-bond donors (Lipinski definition) is 2. The van der Waals surface area contributed by atoms with Crippen molar-refractivity contribution in [2.45, 2.75) is 13.0 Å². The summed E-state index contributed by atoms with van der Waals surface area (Å²) in [5.74, 6) is 0.849. The van der Waals surface area contributed by atoms with Crippen molar-refractivity contribution < 1.29 is 14.6 Å². The molecule has 1 rings (SSSR count). The van der Waals surface area contributed by atoms with Crippen LogP contribution < -0.4 is 10.1 Å². The molecule has 1 atom stereocenters. The lowest BCUT2D eigenvalue weighted by Crippen LogP contribution is -2.36. The van der Waals surface area contributed by atoms with Gasteiger partial charge in [0.05, 0.1) is 25.9 Å². The number of hydrogen-bond acceptors (Lipinski definition) is 4. The topological polar surface area (TPSA) is 50.7 Å². The van der Waals surface area contributed by atoms with Gasteiger partial charge in [0.15, 0.2) is 0 Å². The molecule has 0 fully saturated rings. The van der Waals surface area contributed by atoms with Crippen molar-refractivity contribution >= 4 is 0 Å². The fourth-order valence-corrected chi connectivity index (χ4v) is 1.43. The number of benzene rings is 1. The third-order valence-corrected chi connectivity index (χ3v) is 2.27. The van der Waals surface area contributed by atoms with Gasteiger partial charge in [0.25, 0.3) is 0 Å². The van der Waals surface area contributed by atoms with E-state index in [9.17, 15) is 0 Å². The minimum atomic E-state index is 0.0109. The molecule has 0 radical (unpaired) electrons. The SMILES string of the molecule is CCNC(CO)COCCOc1ccccc1. The first-order chi connectivity index (χ1) is 8.36. The average molecular weight is 239 g/mol. The van der Waals surface area contributed by atoms with Gasteiger partial charge in [0, 0.05) is 0 Å². The molecule has 4 heteroatoms. The van der Waals surface area contributed by atoms with E-state index in [1.54, 1.807) is 0 Å². The molecule has 0 aromatic heterocycles. The molecule has 17 heavy (non-hydrogen) atoms. The van der Waals surface area contributed by atoms with E-state index < -0.39 is 0 Å². The summed E-state index contributed by atoms with van der Waals surface area (Å²) >= 11 is 0. The van der Waals surface area contributed by atoms with E-state index in [1.807, 2.05) is 37.3 Å². The first-order valence-electron chi connectivity index (χ1n) is 5.96. The lowest BCUT2D eigenvalue weighted by molar-refractivity contribution is 0.0684. The molecule has 0 bridgehead atoms. The highest BCUT2D eigenvalue weighted by atomic mass is 16.5. The van der Waals surface area contributed by atoms with Crippen molar-refractivity contribution in [3.63, 3.8) is 0 Å². The number of ether oxygens (including phenoxy) is 2. The standard InChI is InChI=1S/C13H21NO3/c1-2-14-12(10-15)11-16-8-9-17-13-6-4-3-5-7-13/h3-7,12,14-15H,2,8-11H2,1H3. The van der Waals surface area contributed by atoms with Crippen molar-refractivity contribution in [2.24, 2.45) is 0 Å². The van der Waals surface area contributed by atoms with E-state index in [0.29, 0.717) is 19.8 Å². The minimum Gasteiger partial charge on any atom is -0.491 e. The molecule has 1 aromatic carbocycles. The van der Waals surface area contributed by atoms with Crippen molar-refractivity contribution in [3.05, 3.63) is 30.3 Å². The van der Waals surface area contributed by atoms with Crippen LogP contribution in [0, 0.1) is 0 Å². The highest BCUT2D eigenvalue weighted by molar-refractivity contribution is 5.20. The van der Waals surface area contributed by atoms with Gasteiger partial charge >= 0.3 is 0 Å². The number of likely N-dealkylation sites (N-methyl/N-ethyl adjacent to an activating group) is 1. The van der Waals surface area contributed by atoms with Crippen molar-refractivity contribution in [1.82, 2.24) is 5.32 Å². The zero-order valence-electron chi connectivity index (χ0n) is 10.3. The van der Waals surface area contributed by atoms with E-state index in [1.165, 1.54) is 0 Å². The number of rotatable bonds is 9. The largest absolute Gasteiger partial charge is 0.491 e. The Morgan fingerprint density at radius 3 is 2.65 bits per heavy atom. The number of aliphatic hydroxyl groups excluding tert-OH is 1. The molecule has 1 unspecified atom stereocenters. The quantitative estimate of drug-likeness (QED) is 0.633. The molecule has 96 valence electrons. The second-order valence-corrected chi connectivity index (χ2v) is 3.67. The predicted molar refractivity (Wildman–Crippen MR) is 67.3 cm³/mol. The lowest BCUT2D eigenvalue weighted by Gasteiger charge is -2.15. The number of aliphatic hydroxyl groups is 1. The molecular formula is C13H21NO3. The van der Waals surface area contributed by atoms with Crippen LogP contribution in [0.15, 0.2) is 30.3 Å². The van der Waals surface area contributed by atoms with Gasteiger partial charge in [0.1, 0.15) is 12.4 Å². The Hall–Kier alpha value is -1.10. The molecule has 0 heterocycles.